The molecule has 0 saturated carbocycles. The molecule has 1 aliphatic rings. The highest BCUT2D eigenvalue weighted by Crippen LogP contribution is 2.28. The summed E-state index contributed by atoms with van der Waals surface area (Å²) >= 11 is 0. The topological polar surface area (TPSA) is 24.9 Å². The first-order chi connectivity index (χ1) is 12.3. The normalized spacial score (nSPS) is 14.7. The molecular formula is C21H30Cl2N2O2. The third-order valence-electron chi connectivity index (χ3n) is 4.88. The maximum atomic E-state index is 5.41. The molecule has 2 aromatic rings. The van der Waals surface area contributed by atoms with Gasteiger partial charge in [0, 0.05) is 39.3 Å². The number of hydrogen-bond acceptors (Lipinski definition) is 4. The van der Waals surface area contributed by atoms with Gasteiger partial charge >= 0.3 is 0 Å². The van der Waals surface area contributed by atoms with Crippen LogP contribution < -0.4 is 9.47 Å². The van der Waals surface area contributed by atoms with Crippen molar-refractivity contribution in [3.63, 3.8) is 0 Å². The molecule has 27 heavy (non-hydrogen) atoms. The zero-order chi connectivity index (χ0) is 17.5. The second kappa shape index (κ2) is 12.1. The standard InChI is InChI=1S/C21H28N2O2.2ClH/c1-24-20-9-8-19(16-21(20)25-2)17-23-14-12-22(13-15-23)11-10-18-6-4-3-5-7-18;;/h3-9,16H,10-15,17H2,1-2H3;2*1H. The molecule has 0 spiro atoms. The summed E-state index contributed by atoms with van der Waals surface area (Å²) in [6.45, 7) is 6.62. The second-order valence-electron chi connectivity index (χ2n) is 6.54. The zero-order valence-corrected chi connectivity index (χ0v) is 17.7. The quantitative estimate of drug-likeness (QED) is 0.687. The Morgan fingerprint density at radius 2 is 1.37 bits per heavy atom. The Labute approximate surface area is 175 Å². The summed E-state index contributed by atoms with van der Waals surface area (Å²) in [6, 6.07) is 17.0. The molecule has 4 nitrogen and oxygen atoms in total. The Balaban J connectivity index is 0.00000182. The van der Waals surface area contributed by atoms with Crippen molar-refractivity contribution in [3.8, 4) is 11.5 Å². The van der Waals surface area contributed by atoms with E-state index in [1.165, 1.54) is 11.1 Å². The van der Waals surface area contributed by atoms with Gasteiger partial charge in [-0.25, -0.2) is 0 Å². The SMILES string of the molecule is COc1ccc(CN2CCN(CCc3ccccc3)CC2)cc1OC.Cl.Cl. The van der Waals surface area contributed by atoms with Crippen molar-refractivity contribution in [2.24, 2.45) is 0 Å². The summed E-state index contributed by atoms with van der Waals surface area (Å²) in [7, 11) is 3.36. The minimum Gasteiger partial charge on any atom is -0.493 e. The summed E-state index contributed by atoms with van der Waals surface area (Å²) in [5, 5.41) is 0. The molecule has 0 N–H and O–H groups in total. The Morgan fingerprint density at radius 3 is 2.00 bits per heavy atom. The molecule has 1 saturated heterocycles. The van der Waals surface area contributed by atoms with Gasteiger partial charge in [0.05, 0.1) is 14.2 Å². The van der Waals surface area contributed by atoms with Crippen LogP contribution >= 0.6 is 24.8 Å². The van der Waals surface area contributed by atoms with Crippen molar-refractivity contribution >= 4 is 24.8 Å². The minimum absolute atomic E-state index is 0. The molecule has 0 aliphatic carbocycles. The zero-order valence-electron chi connectivity index (χ0n) is 16.1. The molecule has 0 unspecified atom stereocenters. The number of methoxy groups -OCH3 is 2. The van der Waals surface area contributed by atoms with Crippen LogP contribution in [0.15, 0.2) is 48.5 Å². The van der Waals surface area contributed by atoms with Gasteiger partial charge in [0.2, 0.25) is 0 Å². The summed E-state index contributed by atoms with van der Waals surface area (Å²) in [5.41, 5.74) is 2.70. The molecule has 1 heterocycles. The van der Waals surface area contributed by atoms with Gasteiger partial charge in [-0.2, -0.15) is 0 Å². The van der Waals surface area contributed by atoms with E-state index >= 15 is 0 Å². The van der Waals surface area contributed by atoms with Crippen LogP contribution in [0.3, 0.4) is 0 Å². The number of piperazine rings is 1. The lowest BCUT2D eigenvalue weighted by Gasteiger charge is -2.34. The predicted octanol–water partition coefficient (Wildman–Crippen LogP) is 3.91. The number of ether oxygens (including phenoxy) is 2. The first kappa shape index (κ1) is 23.6. The van der Waals surface area contributed by atoms with E-state index in [0.717, 1.165) is 57.2 Å². The third-order valence-corrected chi connectivity index (χ3v) is 4.88. The fraction of sp³-hybridized carbons (Fsp3) is 0.429. The highest BCUT2D eigenvalue weighted by atomic mass is 35.5. The molecule has 0 bridgehead atoms. The molecule has 1 aliphatic heterocycles. The van der Waals surface area contributed by atoms with E-state index in [1.54, 1.807) is 14.2 Å². The molecule has 0 atom stereocenters. The smallest absolute Gasteiger partial charge is 0.161 e. The van der Waals surface area contributed by atoms with Gasteiger partial charge in [-0.3, -0.25) is 4.90 Å². The van der Waals surface area contributed by atoms with Crippen LogP contribution in [-0.4, -0.2) is 56.7 Å². The largest absolute Gasteiger partial charge is 0.493 e. The fourth-order valence-electron chi connectivity index (χ4n) is 3.34. The van der Waals surface area contributed by atoms with Gasteiger partial charge in [-0.05, 0) is 29.7 Å². The van der Waals surface area contributed by atoms with Crippen molar-refractivity contribution in [3.05, 3.63) is 59.7 Å². The summed E-state index contributed by atoms with van der Waals surface area (Å²) < 4.78 is 10.7. The van der Waals surface area contributed by atoms with E-state index < -0.39 is 0 Å². The van der Waals surface area contributed by atoms with E-state index in [1.807, 2.05) is 6.07 Å². The molecule has 150 valence electrons. The second-order valence-corrected chi connectivity index (χ2v) is 6.54. The van der Waals surface area contributed by atoms with Gasteiger partial charge < -0.3 is 14.4 Å². The van der Waals surface area contributed by atoms with E-state index in [2.05, 4.69) is 52.3 Å². The average molecular weight is 413 g/mol. The Bertz CT molecular complexity index is 662. The molecule has 0 amide bonds. The van der Waals surface area contributed by atoms with E-state index in [-0.39, 0.29) is 24.8 Å². The van der Waals surface area contributed by atoms with Crippen molar-refractivity contribution in [2.75, 3.05) is 46.9 Å². The number of benzene rings is 2. The van der Waals surface area contributed by atoms with Crippen molar-refractivity contribution in [1.82, 2.24) is 9.80 Å². The van der Waals surface area contributed by atoms with Crippen LogP contribution in [-0.2, 0) is 13.0 Å². The fourth-order valence-corrected chi connectivity index (χ4v) is 3.34. The summed E-state index contributed by atoms with van der Waals surface area (Å²) in [5.74, 6) is 1.60. The lowest BCUT2D eigenvalue weighted by Crippen LogP contribution is -2.46. The van der Waals surface area contributed by atoms with Crippen molar-refractivity contribution < 1.29 is 9.47 Å². The van der Waals surface area contributed by atoms with Gasteiger partial charge in [0.15, 0.2) is 11.5 Å². The minimum atomic E-state index is 0. The molecule has 1 fully saturated rings. The van der Waals surface area contributed by atoms with Crippen molar-refractivity contribution in [2.45, 2.75) is 13.0 Å². The molecule has 6 heteroatoms. The highest BCUT2D eigenvalue weighted by molar-refractivity contribution is 5.85. The number of rotatable bonds is 7. The molecule has 2 aromatic carbocycles. The van der Waals surface area contributed by atoms with Gasteiger partial charge in [0.25, 0.3) is 0 Å². The van der Waals surface area contributed by atoms with Gasteiger partial charge in [-0.1, -0.05) is 36.4 Å². The average Bonchev–Trinajstić information content (AvgIpc) is 2.68. The summed E-state index contributed by atoms with van der Waals surface area (Å²) in [4.78, 5) is 5.08. The van der Waals surface area contributed by atoms with Crippen LogP contribution in [0.25, 0.3) is 0 Å². The van der Waals surface area contributed by atoms with Crippen LogP contribution in [0.1, 0.15) is 11.1 Å². The monoisotopic (exact) mass is 412 g/mol. The van der Waals surface area contributed by atoms with Crippen LogP contribution in [0.2, 0.25) is 0 Å². The Morgan fingerprint density at radius 1 is 0.741 bits per heavy atom. The van der Waals surface area contributed by atoms with Crippen LogP contribution in [0.5, 0.6) is 11.5 Å². The molecular weight excluding hydrogens is 383 g/mol. The molecule has 0 aromatic heterocycles. The number of nitrogens with zero attached hydrogens (tertiary/aromatic N) is 2. The lowest BCUT2D eigenvalue weighted by molar-refractivity contribution is 0.128. The molecule has 3 rings (SSSR count). The van der Waals surface area contributed by atoms with Gasteiger partial charge in [0.1, 0.15) is 0 Å². The highest BCUT2D eigenvalue weighted by Gasteiger charge is 2.17. The number of hydrogen-bond donors (Lipinski definition) is 0. The van der Waals surface area contributed by atoms with Crippen LogP contribution in [0.4, 0.5) is 0 Å². The first-order valence-corrected chi connectivity index (χ1v) is 8.98. The maximum absolute atomic E-state index is 5.41. The van der Waals surface area contributed by atoms with Gasteiger partial charge in [-0.15, -0.1) is 24.8 Å². The van der Waals surface area contributed by atoms with E-state index in [9.17, 15) is 0 Å². The summed E-state index contributed by atoms with van der Waals surface area (Å²) in [6.07, 6.45) is 1.14. The predicted molar refractivity (Wildman–Crippen MR) is 116 cm³/mol. The maximum Gasteiger partial charge on any atom is 0.161 e. The lowest BCUT2D eigenvalue weighted by atomic mass is 10.1. The Hall–Kier alpha value is -1.46. The number of halogens is 2. The first-order valence-electron chi connectivity index (χ1n) is 8.98. The van der Waals surface area contributed by atoms with E-state index in [0.29, 0.717) is 0 Å². The molecule has 0 radical (unpaired) electrons. The Kier molecular flexibility index (Phi) is 10.6. The third kappa shape index (κ3) is 6.89. The van der Waals surface area contributed by atoms with Crippen molar-refractivity contribution in [1.29, 1.82) is 0 Å². The van der Waals surface area contributed by atoms with Crippen LogP contribution in [0, 0.1) is 0 Å². The van der Waals surface area contributed by atoms with E-state index in [4.69, 9.17) is 9.47 Å².